The highest BCUT2D eigenvalue weighted by Gasteiger charge is 2.14. The van der Waals surface area contributed by atoms with Crippen LogP contribution in [0.1, 0.15) is 12.5 Å². The first-order valence-corrected chi connectivity index (χ1v) is 4.63. The van der Waals surface area contributed by atoms with E-state index in [1.54, 1.807) is 6.92 Å². The van der Waals surface area contributed by atoms with Crippen molar-refractivity contribution in [1.82, 2.24) is 9.55 Å². The minimum atomic E-state index is -0.842. The predicted molar refractivity (Wildman–Crippen MR) is 54.4 cm³/mol. The highest BCUT2D eigenvalue weighted by molar-refractivity contribution is 5.69. The molecule has 0 amide bonds. The minimum absolute atomic E-state index is 0.0588. The summed E-state index contributed by atoms with van der Waals surface area (Å²) < 4.78 is 5.12. The second kappa shape index (κ2) is 4.65. The molecule has 88 valence electrons. The van der Waals surface area contributed by atoms with Crippen molar-refractivity contribution in [3.8, 4) is 5.88 Å². The molecule has 0 aromatic carbocycles. The van der Waals surface area contributed by atoms with Crippen LogP contribution in [-0.4, -0.2) is 27.7 Å². The summed E-state index contributed by atoms with van der Waals surface area (Å²) >= 11 is 0. The van der Waals surface area contributed by atoms with Crippen LogP contribution in [0.3, 0.4) is 0 Å². The molecular weight excluding hydrogens is 216 g/mol. The molecule has 1 rings (SSSR count). The van der Waals surface area contributed by atoms with Crippen molar-refractivity contribution in [3.63, 3.8) is 0 Å². The summed E-state index contributed by atoms with van der Waals surface area (Å²) in [5.74, 6) is -1.19. The Morgan fingerprint density at radius 2 is 2.12 bits per heavy atom. The van der Waals surface area contributed by atoms with Crippen LogP contribution in [0.4, 0.5) is 0 Å². The van der Waals surface area contributed by atoms with E-state index in [0.717, 1.165) is 11.7 Å². The van der Waals surface area contributed by atoms with Gasteiger partial charge in [-0.1, -0.05) is 6.92 Å². The van der Waals surface area contributed by atoms with Gasteiger partial charge in [0.15, 0.2) is 0 Å². The van der Waals surface area contributed by atoms with Crippen LogP contribution < -0.4 is 11.2 Å². The number of ether oxygens (including phenoxy) is 1. The Hall–Kier alpha value is -2.05. The zero-order chi connectivity index (χ0) is 12.3. The summed E-state index contributed by atoms with van der Waals surface area (Å²) in [5.41, 5.74) is -1.43. The molecule has 0 bridgehead atoms. The lowest BCUT2D eigenvalue weighted by atomic mass is 10.2. The topological polar surface area (TPSA) is 101 Å². The second-order valence-corrected chi connectivity index (χ2v) is 3.08. The molecule has 0 saturated heterocycles. The van der Waals surface area contributed by atoms with Crippen molar-refractivity contribution >= 4 is 5.97 Å². The molecule has 0 aliphatic heterocycles. The van der Waals surface area contributed by atoms with Crippen LogP contribution in [-0.2, 0) is 22.5 Å². The van der Waals surface area contributed by atoms with E-state index in [1.165, 1.54) is 0 Å². The van der Waals surface area contributed by atoms with Gasteiger partial charge < -0.3 is 9.84 Å². The van der Waals surface area contributed by atoms with Crippen molar-refractivity contribution in [2.24, 2.45) is 0 Å². The first-order chi connectivity index (χ1) is 7.51. The molecule has 2 N–H and O–H groups in total. The quantitative estimate of drug-likeness (QED) is 0.644. The molecule has 16 heavy (non-hydrogen) atoms. The van der Waals surface area contributed by atoms with Gasteiger partial charge in [0.1, 0.15) is 6.54 Å². The Balaban J connectivity index is 3.34. The third kappa shape index (κ3) is 2.13. The van der Waals surface area contributed by atoms with Crippen LogP contribution in [0, 0.1) is 0 Å². The molecule has 0 atom stereocenters. The number of esters is 1. The van der Waals surface area contributed by atoms with E-state index in [9.17, 15) is 19.5 Å². The molecule has 1 aromatic rings. The molecular formula is C9H12N2O5. The van der Waals surface area contributed by atoms with Crippen LogP contribution in [0.25, 0.3) is 0 Å². The molecule has 1 aromatic heterocycles. The number of aromatic nitrogens is 2. The van der Waals surface area contributed by atoms with Crippen LogP contribution >= 0.6 is 0 Å². The van der Waals surface area contributed by atoms with E-state index in [1.807, 2.05) is 4.98 Å². The van der Waals surface area contributed by atoms with Gasteiger partial charge >= 0.3 is 11.7 Å². The molecule has 0 saturated carbocycles. The number of methoxy groups -OCH3 is 1. The van der Waals surface area contributed by atoms with Crippen molar-refractivity contribution in [2.75, 3.05) is 7.11 Å². The number of aromatic hydroxyl groups is 1. The van der Waals surface area contributed by atoms with Gasteiger partial charge in [0.05, 0.1) is 12.7 Å². The monoisotopic (exact) mass is 228 g/mol. The fourth-order valence-electron chi connectivity index (χ4n) is 1.26. The van der Waals surface area contributed by atoms with Gasteiger partial charge in [-0.3, -0.25) is 19.1 Å². The van der Waals surface area contributed by atoms with Gasteiger partial charge in [-0.15, -0.1) is 0 Å². The number of aromatic amines is 1. The third-order valence-electron chi connectivity index (χ3n) is 2.13. The smallest absolute Gasteiger partial charge is 0.331 e. The first-order valence-electron chi connectivity index (χ1n) is 4.63. The molecule has 0 fully saturated rings. The maximum absolute atomic E-state index is 11.3. The highest BCUT2D eigenvalue weighted by Crippen LogP contribution is 2.09. The van der Waals surface area contributed by atoms with E-state index in [0.29, 0.717) is 0 Å². The molecule has 7 heteroatoms. The summed E-state index contributed by atoms with van der Waals surface area (Å²) in [6.07, 6.45) is 0.253. The number of hydrogen-bond acceptors (Lipinski definition) is 5. The lowest BCUT2D eigenvalue weighted by Gasteiger charge is -2.08. The standard InChI is InChI=1S/C9H12N2O5/c1-3-5-7(13)10-9(15)11(8(5)14)4-6(12)16-2/h14H,3-4H2,1-2H3,(H,10,13,15). The molecule has 0 aliphatic carbocycles. The van der Waals surface area contributed by atoms with Crippen molar-refractivity contribution in [2.45, 2.75) is 19.9 Å². The number of carbonyl (C=O) groups excluding carboxylic acids is 1. The van der Waals surface area contributed by atoms with Crippen molar-refractivity contribution in [1.29, 1.82) is 0 Å². The molecule has 0 aliphatic rings. The van der Waals surface area contributed by atoms with Gasteiger partial charge in [0, 0.05) is 0 Å². The first kappa shape index (κ1) is 12.0. The Morgan fingerprint density at radius 3 is 2.62 bits per heavy atom. The summed E-state index contributed by atoms with van der Waals surface area (Å²) in [6, 6.07) is 0. The minimum Gasteiger partial charge on any atom is -0.494 e. The van der Waals surface area contributed by atoms with E-state index in [-0.39, 0.29) is 12.0 Å². The Morgan fingerprint density at radius 1 is 1.50 bits per heavy atom. The summed E-state index contributed by atoms with van der Waals surface area (Å²) in [4.78, 5) is 35.6. The van der Waals surface area contributed by atoms with Gasteiger partial charge in [0.2, 0.25) is 5.88 Å². The molecule has 0 radical (unpaired) electrons. The van der Waals surface area contributed by atoms with Gasteiger partial charge in [0.25, 0.3) is 5.56 Å². The molecule has 0 spiro atoms. The predicted octanol–water partition coefficient (Wildman–Crippen LogP) is -1.02. The highest BCUT2D eigenvalue weighted by atomic mass is 16.5. The number of rotatable bonds is 3. The van der Waals surface area contributed by atoms with E-state index < -0.39 is 29.6 Å². The number of nitrogens with one attached hydrogen (secondary N) is 1. The Bertz CT molecular complexity index is 514. The average Bonchev–Trinajstić information content (AvgIpc) is 2.24. The van der Waals surface area contributed by atoms with Crippen LogP contribution in [0.15, 0.2) is 9.59 Å². The average molecular weight is 228 g/mol. The fourth-order valence-corrected chi connectivity index (χ4v) is 1.26. The van der Waals surface area contributed by atoms with Crippen molar-refractivity contribution < 1.29 is 14.6 Å². The van der Waals surface area contributed by atoms with E-state index in [2.05, 4.69) is 4.74 Å². The van der Waals surface area contributed by atoms with E-state index >= 15 is 0 Å². The normalized spacial score (nSPS) is 10.1. The van der Waals surface area contributed by atoms with Crippen LogP contribution in [0.5, 0.6) is 5.88 Å². The zero-order valence-electron chi connectivity index (χ0n) is 8.94. The largest absolute Gasteiger partial charge is 0.494 e. The van der Waals surface area contributed by atoms with Gasteiger partial charge in [-0.25, -0.2) is 4.79 Å². The van der Waals surface area contributed by atoms with Gasteiger partial charge in [-0.05, 0) is 6.42 Å². The zero-order valence-corrected chi connectivity index (χ0v) is 8.94. The maximum Gasteiger partial charge on any atom is 0.331 e. The second-order valence-electron chi connectivity index (χ2n) is 3.08. The fraction of sp³-hybridized carbons (Fsp3) is 0.444. The molecule has 1 heterocycles. The number of H-pyrrole nitrogens is 1. The van der Waals surface area contributed by atoms with Crippen LogP contribution in [0.2, 0.25) is 0 Å². The van der Waals surface area contributed by atoms with Gasteiger partial charge in [-0.2, -0.15) is 0 Å². The maximum atomic E-state index is 11.3. The lowest BCUT2D eigenvalue weighted by Crippen LogP contribution is -2.34. The number of hydrogen-bond donors (Lipinski definition) is 2. The van der Waals surface area contributed by atoms with E-state index in [4.69, 9.17) is 0 Å². The molecule has 0 unspecified atom stereocenters. The Kier molecular flexibility index (Phi) is 3.49. The summed E-state index contributed by atoms with van der Waals surface area (Å²) in [5, 5.41) is 9.63. The summed E-state index contributed by atoms with van der Waals surface area (Å²) in [6.45, 7) is 1.21. The number of nitrogens with zero attached hydrogens (tertiary/aromatic N) is 1. The molecule has 7 nitrogen and oxygen atoms in total. The van der Waals surface area contributed by atoms with Crippen molar-refractivity contribution in [3.05, 3.63) is 26.4 Å². The Labute approximate surface area is 90.3 Å². The lowest BCUT2D eigenvalue weighted by molar-refractivity contribution is -0.141. The summed E-state index contributed by atoms with van der Waals surface area (Å²) in [7, 11) is 1.16. The third-order valence-corrected chi connectivity index (χ3v) is 2.13. The number of carbonyl (C=O) groups is 1. The SMILES string of the molecule is CCc1c(O)n(CC(=O)OC)c(=O)[nH]c1=O.